The van der Waals surface area contributed by atoms with Crippen LogP contribution in [-0.2, 0) is 59.8 Å². The van der Waals surface area contributed by atoms with E-state index in [9.17, 15) is 24.3 Å². The number of phenolic OH excluding ortho intramolecular Hbond substituents is 1. The third kappa shape index (κ3) is 6.02. The third-order valence-electron chi connectivity index (χ3n) is 7.00. The van der Waals surface area contributed by atoms with Crippen molar-refractivity contribution in [3.8, 4) is 5.75 Å². The van der Waals surface area contributed by atoms with E-state index in [2.05, 4.69) is 0 Å². The van der Waals surface area contributed by atoms with Crippen molar-refractivity contribution in [1.29, 1.82) is 0 Å². The SMILES string of the molecule is CC(=O)OC(C)[C@@]12CO[C@@](c3ccc(Cl)c(Cc4ccc(O)cc4)c3)(O1)[C@H](OC(C)=O)[C@@H](OC(C)=O)[C@@H]2OC(C)=O. The van der Waals surface area contributed by atoms with Gasteiger partial charge in [-0.2, -0.15) is 0 Å². The van der Waals surface area contributed by atoms with E-state index in [4.69, 9.17) is 40.0 Å². The molecule has 41 heavy (non-hydrogen) atoms. The lowest BCUT2D eigenvalue weighted by Gasteiger charge is -2.50. The summed E-state index contributed by atoms with van der Waals surface area (Å²) in [5.41, 5.74) is 0.190. The summed E-state index contributed by atoms with van der Waals surface area (Å²) in [4.78, 5) is 48.9. The van der Waals surface area contributed by atoms with Crippen molar-refractivity contribution in [2.75, 3.05) is 6.61 Å². The number of halogens is 1. The van der Waals surface area contributed by atoms with E-state index in [0.717, 1.165) is 26.3 Å². The normalized spacial score (nSPS) is 27.4. The molecule has 2 aliphatic heterocycles. The predicted molar refractivity (Wildman–Crippen MR) is 142 cm³/mol. The standard InChI is InChI=1S/C29H31ClO11/c1-15(37-16(2)31)28-14-36-29(41-28,27(40-19(5)34)25(38-17(3)32)26(28)39-18(4)33)22-8-11-24(30)21(13-22)12-20-6-9-23(35)10-7-20/h6-11,13,15,25-27,35H,12,14H2,1-5H3/t15?,25-,26-,27+,28+,29-/m0/s1. The van der Waals surface area contributed by atoms with Gasteiger partial charge in [-0.05, 0) is 48.7 Å². The van der Waals surface area contributed by atoms with Crippen LogP contribution in [0.25, 0.3) is 0 Å². The van der Waals surface area contributed by atoms with Crippen molar-refractivity contribution < 1.29 is 52.7 Å². The number of esters is 4. The average Bonchev–Trinajstić information content (AvgIpc) is 3.25. The van der Waals surface area contributed by atoms with Crippen molar-refractivity contribution >= 4 is 35.5 Å². The largest absolute Gasteiger partial charge is 0.508 e. The number of rotatable bonds is 8. The van der Waals surface area contributed by atoms with E-state index in [1.165, 1.54) is 13.8 Å². The van der Waals surface area contributed by atoms with Crippen LogP contribution < -0.4 is 0 Å². The molecule has 2 fully saturated rings. The lowest BCUT2D eigenvalue weighted by molar-refractivity contribution is -0.340. The summed E-state index contributed by atoms with van der Waals surface area (Å²) in [5.74, 6) is -4.64. The molecule has 0 saturated carbocycles. The first kappa shape index (κ1) is 30.3. The van der Waals surface area contributed by atoms with E-state index in [0.29, 0.717) is 22.6 Å². The molecular formula is C29H31ClO11. The number of hydrogen-bond acceptors (Lipinski definition) is 11. The van der Waals surface area contributed by atoms with Gasteiger partial charge in [0.15, 0.2) is 17.8 Å². The summed E-state index contributed by atoms with van der Waals surface area (Å²) in [6, 6.07) is 11.5. The molecule has 0 aromatic heterocycles. The minimum absolute atomic E-state index is 0.115. The Morgan fingerprint density at radius 2 is 1.54 bits per heavy atom. The monoisotopic (exact) mass is 590 g/mol. The van der Waals surface area contributed by atoms with Gasteiger partial charge in [-0.15, -0.1) is 0 Å². The average molecular weight is 591 g/mol. The lowest BCUT2D eigenvalue weighted by Crippen LogP contribution is -2.70. The predicted octanol–water partition coefficient (Wildman–Crippen LogP) is 3.34. The molecule has 1 N–H and O–H groups in total. The number of aromatic hydroxyl groups is 1. The Balaban J connectivity index is 1.90. The number of benzene rings is 2. The molecule has 2 aromatic rings. The zero-order valence-corrected chi connectivity index (χ0v) is 23.9. The number of carbonyl (C=O) groups excluding carboxylic acids is 4. The quantitative estimate of drug-likeness (QED) is 0.357. The van der Waals surface area contributed by atoms with Crippen molar-refractivity contribution in [3.63, 3.8) is 0 Å². The first-order valence-electron chi connectivity index (χ1n) is 12.9. The van der Waals surface area contributed by atoms with Crippen molar-refractivity contribution in [3.05, 3.63) is 64.2 Å². The Labute approximate surface area is 241 Å². The molecule has 12 heteroatoms. The molecule has 2 aliphatic rings. The van der Waals surface area contributed by atoms with Crippen molar-refractivity contribution in [1.82, 2.24) is 0 Å². The van der Waals surface area contributed by atoms with Crippen LogP contribution in [-0.4, -0.2) is 65.6 Å². The summed E-state index contributed by atoms with van der Waals surface area (Å²) >= 11 is 6.55. The zero-order chi connectivity index (χ0) is 30.1. The molecule has 1 unspecified atom stereocenters. The summed E-state index contributed by atoms with van der Waals surface area (Å²) in [7, 11) is 0. The maximum Gasteiger partial charge on any atom is 0.303 e. The number of ether oxygens (including phenoxy) is 6. The molecule has 2 aromatic carbocycles. The fourth-order valence-corrected chi connectivity index (χ4v) is 5.51. The van der Waals surface area contributed by atoms with Crippen LogP contribution in [0.3, 0.4) is 0 Å². The van der Waals surface area contributed by atoms with Crippen LogP contribution in [0.15, 0.2) is 42.5 Å². The van der Waals surface area contributed by atoms with Crippen LogP contribution in [0.4, 0.5) is 0 Å². The lowest BCUT2D eigenvalue weighted by atomic mass is 9.80. The molecule has 6 atom stereocenters. The number of carbonyl (C=O) groups is 4. The second-order valence-electron chi connectivity index (χ2n) is 10.0. The molecule has 0 radical (unpaired) electrons. The van der Waals surface area contributed by atoms with Crippen LogP contribution in [0.1, 0.15) is 51.3 Å². The van der Waals surface area contributed by atoms with Crippen molar-refractivity contribution in [2.24, 2.45) is 0 Å². The number of hydrogen-bond donors (Lipinski definition) is 1. The molecule has 11 nitrogen and oxygen atoms in total. The summed E-state index contributed by atoms with van der Waals surface area (Å²) in [6.07, 6.45) is -4.95. The van der Waals surface area contributed by atoms with Crippen LogP contribution >= 0.6 is 11.6 Å². The minimum atomic E-state index is -1.88. The van der Waals surface area contributed by atoms with Gasteiger partial charge in [0.2, 0.25) is 11.9 Å². The van der Waals surface area contributed by atoms with Gasteiger partial charge in [-0.1, -0.05) is 29.8 Å². The molecular weight excluding hydrogens is 560 g/mol. The molecule has 2 heterocycles. The first-order chi connectivity index (χ1) is 19.3. The Kier molecular flexibility index (Phi) is 8.62. The fourth-order valence-electron chi connectivity index (χ4n) is 5.33. The fraction of sp³-hybridized carbons (Fsp3) is 0.448. The maximum atomic E-state index is 12.4. The molecule has 2 saturated heterocycles. The Hall–Kier alpha value is -3.67. The Morgan fingerprint density at radius 1 is 0.927 bits per heavy atom. The van der Waals surface area contributed by atoms with Crippen molar-refractivity contribution in [2.45, 2.75) is 76.8 Å². The second kappa shape index (κ2) is 11.7. The highest BCUT2D eigenvalue weighted by molar-refractivity contribution is 6.31. The van der Waals surface area contributed by atoms with Crippen LogP contribution in [0.5, 0.6) is 5.75 Å². The van der Waals surface area contributed by atoms with Gasteiger partial charge in [0, 0.05) is 38.3 Å². The molecule has 2 bridgehead atoms. The molecule has 220 valence electrons. The highest BCUT2D eigenvalue weighted by Crippen LogP contribution is 2.54. The first-order valence-corrected chi connectivity index (χ1v) is 13.2. The Bertz CT molecular complexity index is 1340. The molecule has 4 rings (SSSR count). The third-order valence-corrected chi connectivity index (χ3v) is 7.37. The van der Waals surface area contributed by atoms with Crippen LogP contribution in [0.2, 0.25) is 5.02 Å². The van der Waals surface area contributed by atoms with E-state index >= 15 is 0 Å². The zero-order valence-electron chi connectivity index (χ0n) is 23.2. The van der Waals surface area contributed by atoms with Crippen LogP contribution in [0, 0.1) is 0 Å². The van der Waals surface area contributed by atoms with E-state index in [-0.39, 0.29) is 12.4 Å². The summed E-state index contributed by atoms with van der Waals surface area (Å²) in [5, 5.41) is 10.1. The van der Waals surface area contributed by atoms with Gasteiger partial charge >= 0.3 is 23.9 Å². The maximum absolute atomic E-state index is 12.4. The molecule has 0 amide bonds. The van der Waals surface area contributed by atoms with Gasteiger partial charge in [-0.25, -0.2) is 0 Å². The van der Waals surface area contributed by atoms with E-state index in [1.54, 1.807) is 42.5 Å². The minimum Gasteiger partial charge on any atom is -0.508 e. The van der Waals surface area contributed by atoms with Gasteiger partial charge in [0.05, 0.1) is 6.61 Å². The van der Waals surface area contributed by atoms with Gasteiger partial charge < -0.3 is 33.5 Å². The number of fused-ring (bicyclic) bond motifs is 2. The molecule has 0 spiro atoms. The highest BCUT2D eigenvalue weighted by atomic mass is 35.5. The molecule has 0 aliphatic carbocycles. The highest BCUT2D eigenvalue weighted by Gasteiger charge is 2.74. The van der Waals surface area contributed by atoms with E-state index < -0.39 is 59.7 Å². The smallest absolute Gasteiger partial charge is 0.303 e. The van der Waals surface area contributed by atoms with Gasteiger partial charge in [0.1, 0.15) is 11.9 Å². The Morgan fingerprint density at radius 3 is 2.12 bits per heavy atom. The van der Waals surface area contributed by atoms with Gasteiger partial charge in [0.25, 0.3) is 0 Å². The summed E-state index contributed by atoms with van der Waals surface area (Å²) in [6.45, 7) is 5.93. The number of phenols is 1. The topological polar surface area (TPSA) is 144 Å². The summed E-state index contributed by atoms with van der Waals surface area (Å²) < 4.78 is 35.3. The van der Waals surface area contributed by atoms with Gasteiger partial charge in [-0.3, -0.25) is 19.2 Å². The van der Waals surface area contributed by atoms with E-state index in [1.807, 2.05) is 0 Å². The second-order valence-corrected chi connectivity index (χ2v) is 10.5.